The van der Waals surface area contributed by atoms with Crippen molar-refractivity contribution in [2.75, 3.05) is 18.4 Å². The highest BCUT2D eigenvalue weighted by Crippen LogP contribution is 2.32. The van der Waals surface area contributed by atoms with E-state index in [1.54, 1.807) is 6.07 Å². The number of amides is 2. The van der Waals surface area contributed by atoms with Crippen LogP contribution in [0, 0.1) is 5.92 Å². The van der Waals surface area contributed by atoms with Gasteiger partial charge in [0.25, 0.3) is 5.91 Å². The van der Waals surface area contributed by atoms with Crippen LogP contribution in [0.2, 0.25) is 0 Å². The van der Waals surface area contributed by atoms with Crippen LogP contribution in [0.15, 0.2) is 60.7 Å². The molecule has 1 saturated carbocycles. The molecule has 1 aliphatic carbocycles. The summed E-state index contributed by atoms with van der Waals surface area (Å²) in [7, 11) is 0. The van der Waals surface area contributed by atoms with Crippen LogP contribution in [0.25, 0.3) is 10.8 Å². The van der Waals surface area contributed by atoms with Gasteiger partial charge in [0.15, 0.2) is 0 Å². The number of piperidine rings is 1. The van der Waals surface area contributed by atoms with Gasteiger partial charge in [-0.2, -0.15) is 13.2 Å². The van der Waals surface area contributed by atoms with Crippen molar-refractivity contribution in [1.29, 1.82) is 0 Å². The Balaban J connectivity index is 1.23. The topological polar surface area (TPSA) is 61.4 Å². The third-order valence-electron chi connectivity index (χ3n) is 6.92. The number of rotatable bonds is 6. The van der Waals surface area contributed by atoms with Gasteiger partial charge >= 0.3 is 6.18 Å². The number of carbonyl (C=O) groups is 2. The number of nitrogens with zero attached hydrogens (tertiary/aromatic N) is 1. The first kappa shape index (κ1) is 24.3. The average molecular weight is 496 g/mol. The Labute approximate surface area is 207 Å². The highest BCUT2D eigenvalue weighted by molar-refractivity contribution is 6.08. The fourth-order valence-corrected chi connectivity index (χ4v) is 4.71. The van der Waals surface area contributed by atoms with Crippen LogP contribution in [0.1, 0.15) is 47.2 Å². The summed E-state index contributed by atoms with van der Waals surface area (Å²) in [5.74, 6) is -0.265. The summed E-state index contributed by atoms with van der Waals surface area (Å²) >= 11 is 0. The van der Waals surface area contributed by atoms with Gasteiger partial charge in [0.05, 0.1) is 16.8 Å². The second kappa shape index (κ2) is 9.93. The minimum absolute atomic E-state index is 0.0218. The van der Waals surface area contributed by atoms with Gasteiger partial charge < -0.3 is 10.6 Å². The molecule has 1 heterocycles. The molecule has 5 nitrogen and oxygen atoms in total. The third kappa shape index (κ3) is 5.70. The van der Waals surface area contributed by atoms with Gasteiger partial charge in [-0.25, -0.2) is 0 Å². The number of benzene rings is 3. The molecule has 0 spiro atoms. The van der Waals surface area contributed by atoms with Crippen molar-refractivity contribution in [2.24, 2.45) is 5.92 Å². The quantitative estimate of drug-likeness (QED) is 0.468. The fourth-order valence-electron chi connectivity index (χ4n) is 4.71. The van der Waals surface area contributed by atoms with Crippen LogP contribution >= 0.6 is 0 Å². The van der Waals surface area contributed by atoms with Crippen LogP contribution in [-0.4, -0.2) is 35.8 Å². The number of hydrogen-bond acceptors (Lipinski definition) is 3. The standard InChI is InChI=1S/C28H28F3N3O2/c29-28(30,31)22-7-3-4-18(14-22)17-34-12-10-23(11-13-34)32-27(36)24-15-20-5-1-2-6-21(20)16-25(24)33-26(35)19-8-9-19/h1-7,14-16,19,23H,8-13,17H2,(H,32,36)(H,33,35). The first-order valence-corrected chi connectivity index (χ1v) is 12.3. The molecule has 0 aromatic heterocycles. The summed E-state index contributed by atoms with van der Waals surface area (Å²) < 4.78 is 39.0. The molecule has 0 radical (unpaired) electrons. The van der Waals surface area contributed by atoms with E-state index >= 15 is 0 Å². The SMILES string of the molecule is O=C(NC1CCN(Cc2cccc(C(F)(F)F)c2)CC1)c1cc2ccccc2cc1NC(=O)C1CC1. The fraction of sp³-hybridized carbons (Fsp3) is 0.357. The van der Waals surface area contributed by atoms with E-state index in [0.717, 1.165) is 29.7 Å². The zero-order chi connectivity index (χ0) is 25.3. The predicted molar refractivity (Wildman–Crippen MR) is 133 cm³/mol. The van der Waals surface area contributed by atoms with E-state index in [0.29, 0.717) is 49.3 Å². The summed E-state index contributed by atoms with van der Waals surface area (Å²) in [5, 5.41) is 7.92. The molecule has 2 N–H and O–H groups in total. The van der Waals surface area contributed by atoms with Gasteiger partial charge in [0.1, 0.15) is 0 Å². The van der Waals surface area contributed by atoms with E-state index in [1.165, 1.54) is 12.1 Å². The molecule has 188 valence electrons. The number of halogens is 3. The summed E-state index contributed by atoms with van der Waals surface area (Å²) in [6, 6.07) is 16.8. The number of carbonyl (C=O) groups excluding carboxylic acids is 2. The van der Waals surface area contributed by atoms with Crippen molar-refractivity contribution in [1.82, 2.24) is 10.2 Å². The van der Waals surface area contributed by atoms with Gasteiger partial charge in [0.2, 0.25) is 5.91 Å². The maximum absolute atomic E-state index is 13.3. The summed E-state index contributed by atoms with van der Waals surface area (Å²) in [4.78, 5) is 27.8. The third-order valence-corrected chi connectivity index (χ3v) is 6.92. The minimum atomic E-state index is -4.35. The molecule has 5 rings (SSSR count). The highest BCUT2D eigenvalue weighted by Gasteiger charge is 2.32. The van der Waals surface area contributed by atoms with E-state index in [2.05, 4.69) is 15.5 Å². The molecular weight excluding hydrogens is 467 g/mol. The van der Waals surface area contributed by atoms with Crippen LogP contribution < -0.4 is 10.6 Å². The second-order valence-corrected chi connectivity index (χ2v) is 9.73. The highest BCUT2D eigenvalue weighted by atomic mass is 19.4. The smallest absolute Gasteiger partial charge is 0.349 e. The second-order valence-electron chi connectivity index (χ2n) is 9.73. The van der Waals surface area contributed by atoms with Crippen LogP contribution in [0.4, 0.5) is 18.9 Å². The summed E-state index contributed by atoms with van der Waals surface area (Å²) in [5.41, 5.74) is 0.945. The van der Waals surface area contributed by atoms with Crippen molar-refractivity contribution in [3.8, 4) is 0 Å². The average Bonchev–Trinajstić information content (AvgIpc) is 3.70. The monoisotopic (exact) mass is 495 g/mol. The number of anilines is 1. The largest absolute Gasteiger partial charge is 0.416 e. The number of alkyl halides is 3. The summed E-state index contributed by atoms with van der Waals surface area (Å²) in [6.07, 6.45) is -1.21. The molecule has 0 unspecified atom stereocenters. The number of hydrogen-bond donors (Lipinski definition) is 2. The summed E-state index contributed by atoms with van der Waals surface area (Å²) in [6.45, 7) is 1.78. The van der Waals surface area contributed by atoms with Gasteiger partial charge in [-0.1, -0.05) is 42.5 Å². The maximum atomic E-state index is 13.3. The molecule has 0 atom stereocenters. The van der Waals surface area contributed by atoms with E-state index in [1.807, 2.05) is 36.4 Å². The maximum Gasteiger partial charge on any atom is 0.416 e. The molecule has 8 heteroatoms. The zero-order valence-corrected chi connectivity index (χ0v) is 19.8. The van der Waals surface area contributed by atoms with Crippen molar-refractivity contribution in [2.45, 2.75) is 44.4 Å². The molecule has 2 amide bonds. The lowest BCUT2D eigenvalue weighted by atomic mass is 10.0. The molecule has 2 fully saturated rings. The Morgan fingerprint density at radius 2 is 1.58 bits per heavy atom. The van der Waals surface area contributed by atoms with Gasteiger partial charge in [-0.3, -0.25) is 14.5 Å². The van der Waals surface area contributed by atoms with Crippen molar-refractivity contribution in [3.05, 3.63) is 77.4 Å². The predicted octanol–water partition coefficient (Wildman–Crippen LogP) is 5.60. The normalized spacial score (nSPS) is 17.2. The lowest BCUT2D eigenvalue weighted by Crippen LogP contribution is -2.44. The minimum Gasteiger partial charge on any atom is -0.349 e. The zero-order valence-electron chi connectivity index (χ0n) is 19.8. The Bertz CT molecular complexity index is 1280. The Kier molecular flexibility index (Phi) is 6.71. The molecule has 36 heavy (non-hydrogen) atoms. The van der Waals surface area contributed by atoms with Crippen molar-refractivity contribution in [3.63, 3.8) is 0 Å². The lowest BCUT2D eigenvalue weighted by molar-refractivity contribution is -0.137. The molecule has 1 saturated heterocycles. The van der Waals surface area contributed by atoms with Crippen LogP contribution in [-0.2, 0) is 17.5 Å². The van der Waals surface area contributed by atoms with Crippen LogP contribution in [0.3, 0.4) is 0 Å². The van der Waals surface area contributed by atoms with E-state index in [-0.39, 0.29) is 23.8 Å². The Morgan fingerprint density at radius 1 is 0.889 bits per heavy atom. The molecule has 3 aromatic rings. The van der Waals surface area contributed by atoms with Crippen LogP contribution in [0.5, 0.6) is 0 Å². The number of nitrogens with one attached hydrogen (secondary N) is 2. The Morgan fingerprint density at radius 3 is 2.25 bits per heavy atom. The van der Waals surface area contributed by atoms with Crippen molar-refractivity contribution < 1.29 is 22.8 Å². The van der Waals surface area contributed by atoms with Gasteiger partial charge in [-0.15, -0.1) is 0 Å². The number of fused-ring (bicyclic) bond motifs is 1. The van der Waals surface area contributed by atoms with Gasteiger partial charge in [-0.05, 0) is 60.2 Å². The lowest BCUT2D eigenvalue weighted by Gasteiger charge is -2.32. The molecule has 3 aromatic carbocycles. The first-order chi connectivity index (χ1) is 17.3. The van der Waals surface area contributed by atoms with E-state index < -0.39 is 11.7 Å². The first-order valence-electron chi connectivity index (χ1n) is 12.3. The molecular formula is C28H28F3N3O2. The molecule has 2 aliphatic rings. The van der Waals surface area contributed by atoms with E-state index in [9.17, 15) is 22.8 Å². The molecule has 0 bridgehead atoms. The van der Waals surface area contributed by atoms with Crippen molar-refractivity contribution >= 4 is 28.3 Å². The Hall–Kier alpha value is -3.39. The van der Waals surface area contributed by atoms with Gasteiger partial charge in [0, 0.05) is 31.6 Å². The molecule has 1 aliphatic heterocycles. The van der Waals surface area contributed by atoms with E-state index in [4.69, 9.17) is 0 Å². The number of likely N-dealkylation sites (tertiary alicyclic amines) is 1.